The van der Waals surface area contributed by atoms with E-state index < -0.39 is 15.7 Å². The van der Waals surface area contributed by atoms with E-state index in [0.29, 0.717) is 37.4 Å². The highest BCUT2D eigenvalue weighted by molar-refractivity contribution is 7.91. The first-order chi connectivity index (χ1) is 13.4. The van der Waals surface area contributed by atoms with E-state index in [2.05, 4.69) is 4.98 Å². The van der Waals surface area contributed by atoms with Crippen molar-refractivity contribution in [1.82, 2.24) is 4.98 Å². The van der Waals surface area contributed by atoms with Crippen LogP contribution in [0.4, 0.5) is 10.1 Å². The monoisotopic (exact) mass is 440 g/mol. The number of hydrogen-bond acceptors (Lipinski definition) is 5. The molecule has 3 aromatic rings. The summed E-state index contributed by atoms with van der Waals surface area (Å²) in [6, 6.07) is 8.63. The molecule has 0 N–H and O–H groups in total. The Labute approximate surface area is 171 Å². The third-order valence-electron chi connectivity index (χ3n) is 4.60. The molecule has 0 unspecified atom stereocenters. The minimum absolute atomic E-state index is 0.00559. The summed E-state index contributed by atoms with van der Waals surface area (Å²) in [5.74, 6) is -0.509. The van der Waals surface area contributed by atoms with Crippen molar-refractivity contribution < 1.29 is 17.5 Å². The number of para-hydroxylation sites is 1. The van der Waals surface area contributed by atoms with Gasteiger partial charge in [0.1, 0.15) is 16.2 Å². The molecule has 0 bridgehead atoms. The van der Waals surface area contributed by atoms with Gasteiger partial charge in [-0.25, -0.2) is 12.8 Å². The van der Waals surface area contributed by atoms with E-state index in [1.807, 2.05) is 4.90 Å². The number of fused-ring (bicyclic) bond motifs is 1. The summed E-state index contributed by atoms with van der Waals surface area (Å²) in [5.41, 5.74) is 0.538. The first-order valence-electron chi connectivity index (χ1n) is 8.49. The number of rotatable bonds is 3. The molecule has 0 amide bonds. The number of sulfone groups is 1. The van der Waals surface area contributed by atoms with Crippen molar-refractivity contribution in [3.63, 3.8) is 0 Å². The lowest BCUT2D eigenvalue weighted by Crippen LogP contribution is -2.37. The topological polar surface area (TPSA) is 59.5 Å². The number of halogens is 3. The van der Waals surface area contributed by atoms with Gasteiger partial charge in [0.2, 0.25) is 9.84 Å². The number of ether oxygens (including phenoxy) is 1. The molecule has 1 aliphatic rings. The third-order valence-corrected chi connectivity index (χ3v) is 7.10. The van der Waals surface area contributed by atoms with E-state index in [-0.39, 0.29) is 25.4 Å². The molecule has 0 spiro atoms. The van der Waals surface area contributed by atoms with Crippen molar-refractivity contribution in [3.05, 3.63) is 58.5 Å². The van der Waals surface area contributed by atoms with Crippen LogP contribution in [-0.2, 0) is 14.6 Å². The molecule has 2 aromatic carbocycles. The predicted molar refractivity (Wildman–Crippen MR) is 107 cm³/mol. The van der Waals surface area contributed by atoms with Crippen LogP contribution in [-0.4, -0.2) is 39.7 Å². The van der Waals surface area contributed by atoms with E-state index in [1.54, 1.807) is 12.1 Å². The van der Waals surface area contributed by atoms with Crippen LogP contribution in [0.1, 0.15) is 0 Å². The Morgan fingerprint density at radius 1 is 1.07 bits per heavy atom. The Hall–Kier alpha value is -1.93. The molecule has 0 aliphatic carbocycles. The molecule has 9 heteroatoms. The lowest BCUT2D eigenvalue weighted by Gasteiger charge is -2.31. The number of pyridine rings is 1. The maximum atomic E-state index is 14.3. The first kappa shape index (κ1) is 19.4. The quantitative estimate of drug-likeness (QED) is 0.605. The Balaban J connectivity index is 1.99. The lowest BCUT2D eigenvalue weighted by molar-refractivity contribution is 0.122. The molecule has 0 saturated carbocycles. The van der Waals surface area contributed by atoms with Gasteiger partial charge in [0.25, 0.3) is 0 Å². The highest BCUT2D eigenvalue weighted by atomic mass is 35.5. The number of hydrogen-bond donors (Lipinski definition) is 0. The average Bonchev–Trinajstić information content (AvgIpc) is 2.70. The summed E-state index contributed by atoms with van der Waals surface area (Å²) in [5, 5.41) is 0.825. The Morgan fingerprint density at radius 2 is 1.82 bits per heavy atom. The summed E-state index contributed by atoms with van der Waals surface area (Å²) in [6.07, 6.45) is 1.20. The van der Waals surface area contributed by atoms with E-state index in [9.17, 15) is 12.8 Å². The smallest absolute Gasteiger partial charge is 0.210 e. The Bertz CT molecular complexity index is 1170. The van der Waals surface area contributed by atoms with Gasteiger partial charge >= 0.3 is 0 Å². The standard InChI is InChI=1S/C19H15Cl2FN2O3S/c20-14-5-4-12(10-15(14)21)28(25,26)17-11-23-18-13(2-1-3-16(18)22)19(17)24-6-8-27-9-7-24/h1-5,10-11H,6-9H2. The SMILES string of the molecule is O=S(=O)(c1ccc(Cl)c(Cl)c1)c1cnc2c(F)cccc2c1N1CCOCC1. The van der Waals surface area contributed by atoms with E-state index >= 15 is 0 Å². The normalized spacial score (nSPS) is 15.2. The molecule has 5 nitrogen and oxygen atoms in total. The van der Waals surface area contributed by atoms with Crippen molar-refractivity contribution in [2.45, 2.75) is 9.79 Å². The summed E-state index contributed by atoms with van der Waals surface area (Å²) >= 11 is 11.9. The van der Waals surface area contributed by atoms with Gasteiger partial charge in [-0.05, 0) is 24.3 Å². The van der Waals surface area contributed by atoms with Gasteiger partial charge in [-0.3, -0.25) is 4.98 Å². The highest BCUT2D eigenvalue weighted by Crippen LogP contribution is 2.37. The van der Waals surface area contributed by atoms with Crippen molar-refractivity contribution in [2.24, 2.45) is 0 Å². The van der Waals surface area contributed by atoms with Gasteiger partial charge in [-0.2, -0.15) is 0 Å². The molecule has 0 atom stereocenters. The molecule has 1 aromatic heterocycles. The second-order valence-electron chi connectivity index (χ2n) is 6.29. The minimum atomic E-state index is -3.97. The van der Waals surface area contributed by atoms with Crippen molar-refractivity contribution in [3.8, 4) is 0 Å². The zero-order valence-electron chi connectivity index (χ0n) is 14.5. The number of morpholine rings is 1. The molecule has 2 heterocycles. The van der Waals surface area contributed by atoms with E-state index in [1.165, 1.54) is 30.5 Å². The summed E-state index contributed by atoms with van der Waals surface area (Å²) < 4.78 is 46.5. The second kappa shape index (κ2) is 7.48. The van der Waals surface area contributed by atoms with Crippen LogP contribution in [0.5, 0.6) is 0 Å². The molecular formula is C19H15Cl2FN2O3S. The van der Waals surface area contributed by atoms with Crippen LogP contribution in [0.3, 0.4) is 0 Å². The Morgan fingerprint density at radius 3 is 2.54 bits per heavy atom. The fraction of sp³-hybridized carbons (Fsp3) is 0.211. The van der Waals surface area contributed by atoms with Crippen LogP contribution in [0, 0.1) is 5.82 Å². The number of nitrogens with zero attached hydrogens (tertiary/aromatic N) is 2. The molecule has 1 saturated heterocycles. The highest BCUT2D eigenvalue weighted by Gasteiger charge is 2.28. The molecule has 1 aliphatic heterocycles. The summed E-state index contributed by atoms with van der Waals surface area (Å²) in [6.45, 7) is 1.87. The number of aromatic nitrogens is 1. The van der Waals surface area contributed by atoms with Crippen LogP contribution in [0.15, 0.2) is 52.4 Å². The van der Waals surface area contributed by atoms with Gasteiger partial charge < -0.3 is 9.64 Å². The van der Waals surface area contributed by atoms with Gasteiger partial charge in [0, 0.05) is 24.7 Å². The van der Waals surface area contributed by atoms with Crippen molar-refractivity contribution in [2.75, 3.05) is 31.2 Å². The van der Waals surface area contributed by atoms with Crippen molar-refractivity contribution in [1.29, 1.82) is 0 Å². The summed E-state index contributed by atoms with van der Waals surface area (Å²) in [7, 11) is -3.97. The van der Waals surface area contributed by atoms with E-state index in [4.69, 9.17) is 27.9 Å². The minimum Gasteiger partial charge on any atom is -0.378 e. The van der Waals surface area contributed by atoms with Crippen LogP contribution < -0.4 is 4.90 Å². The zero-order valence-corrected chi connectivity index (χ0v) is 16.9. The second-order valence-corrected chi connectivity index (χ2v) is 9.02. The van der Waals surface area contributed by atoms with Crippen molar-refractivity contribution >= 4 is 49.6 Å². The number of benzene rings is 2. The Kier molecular flexibility index (Phi) is 5.18. The van der Waals surface area contributed by atoms with Crippen LogP contribution in [0.25, 0.3) is 10.9 Å². The maximum absolute atomic E-state index is 14.3. The fourth-order valence-corrected chi connectivity index (χ4v) is 5.06. The lowest BCUT2D eigenvalue weighted by atomic mass is 10.1. The third kappa shape index (κ3) is 3.33. The van der Waals surface area contributed by atoms with Gasteiger partial charge in [0.05, 0.1) is 33.8 Å². The number of anilines is 1. The molecule has 4 rings (SSSR count). The molecular weight excluding hydrogens is 426 g/mol. The van der Waals surface area contributed by atoms with Crippen LogP contribution >= 0.6 is 23.2 Å². The van der Waals surface area contributed by atoms with Gasteiger partial charge in [0.15, 0.2) is 0 Å². The van der Waals surface area contributed by atoms with Crippen LogP contribution in [0.2, 0.25) is 10.0 Å². The molecule has 28 heavy (non-hydrogen) atoms. The van der Waals surface area contributed by atoms with Gasteiger partial charge in [-0.1, -0.05) is 35.3 Å². The first-order valence-corrected chi connectivity index (χ1v) is 10.7. The predicted octanol–water partition coefficient (Wildman–Crippen LogP) is 4.35. The molecule has 146 valence electrons. The zero-order chi connectivity index (χ0) is 19.9. The molecule has 0 radical (unpaired) electrons. The largest absolute Gasteiger partial charge is 0.378 e. The van der Waals surface area contributed by atoms with E-state index in [0.717, 1.165) is 0 Å². The average molecular weight is 441 g/mol. The summed E-state index contributed by atoms with van der Waals surface area (Å²) in [4.78, 5) is 5.97. The molecule has 1 fully saturated rings. The maximum Gasteiger partial charge on any atom is 0.210 e. The van der Waals surface area contributed by atoms with Gasteiger partial charge in [-0.15, -0.1) is 0 Å². The fourth-order valence-electron chi connectivity index (χ4n) is 3.24.